The Morgan fingerprint density at radius 2 is 2.00 bits per heavy atom. The summed E-state index contributed by atoms with van der Waals surface area (Å²) in [5, 5.41) is 5.20. The fourth-order valence-electron chi connectivity index (χ4n) is 3.20. The molecule has 1 aromatic carbocycles. The number of piperazine rings is 1. The van der Waals surface area contributed by atoms with Gasteiger partial charge in [0.2, 0.25) is 0 Å². The smallest absolute Gasteiger partial charge is 0.0654 e. The van der Waals surface area contributed by atoms with E-state index in [0.29, 0.717) is 23.0 Å². The summed E-state index contributed by atoms with van der Waals surface area (Å²) in [6, 6.07) is 6.95. The molecule has 2 fully saturated rings. The van der Waals surface area contributed by atoms with Crippen molar-refractivity contribution in [3.05, 3.63) is 28.2 Å². The summed E-state index contributed by atoms with van der Waals surface area (Å²) in [6.07, 6.45) is 2.73. The van der Waals surface area contributed by atoms with E-state index in [2.05, 4.69) is 30.1 Å². The molecule has 2 atom stereocenters. The van der Waals surface area contributed by atoms with Gasteiger partial charge in [0.05, 0.1) is 10.7 Å². The summed E-state index contributed by atoms with van der Waals surface area (Å²) in [5.41, 5.74) is 1.13. The third-order valence-corrected chi connectivity index (χ3v) is 5.10. The second-order valence-corrected chi connectivity index (χ2v) is 7.26. The Kier molecular flexibility index (Phi) is 4.16. The molecule has 20 heavy (non-hydrogen) atoms. The molecule has 4 heteroatoms. The fraction of sp³-hybridized carbons (Fsp3) is 0.625. The third-order valence-electron chi connectivity index (χ3n) is 4.56. The van der Waals surface area contributed by atoms with E-state index >= 15 is 0 Å². The van der Waals surface area contributed by atoms with Crippen LogP contribution in [0.3, 0.4) is 0 Å². The normalized spacial score (nSPS) is 27.1. The summed E-state index contributed by atoms with van der Waals surface area (Å²) in [6.45, 7) is 6.65. The lowest BCUT2D eigenvalue weighted by atomic mass is 9.96. The van der Waals surface area contributed by atoms with Crippen molar-refractivity contribution in [1.82, 2.24) is 5.32 Å². The molecule has 0 radical (unpaired) electrons. The molecule has 2 unspecified atom stereocenters. The van der Waals surface area contributed by atoms with E-state index in [-0.39, 0.29) is 0 Å². The Balaban J connectivity index is 1.87. The highest BCUT2D eigenvalue weighted by Crippen LogP contribution is 2.38. The first-order chi connectivity index (χ1) is 9.56. The quantitative estimate of drug-likeness (QED) is 0.899. The largest absolute Gasteiger partial charge is 0.364 e. The zero-order valence-electron chi connectivity index (χ0n) is 12.1. The van der Waals surface area contributed by atoms with Gasteiger partial charge in [0, 0.05) is 30.2 Å². The summed E-state index contributed by atoms with van der Waals surface area (Å²) < 4.78 is 0. The molecular weight excluding hydrogens is 291 g/mol. The Bertz CT molecular complexity index is 485. The Labute approximate surface area is 131 Å². The Hall–Kier alpha value is -0.440. The molecule has 0 aromatic heterocycles. The number of benzene rings is 1. The van der Waals surface area contributed by atoms with E-state index in [4.69, 9.17) is 23.2 Å². The maximum Gasteiger partial charge on any atom is 0.0654 e. The highest BCUT2D eigenvalue weighted by Gasteiger charge is 2.38. The number of hydrogen-bond acceptors (Lipinski definition) is 2. The molecule has 1 heterocycles. The van der Waals surface area contributed by atoms with E-state index in [9.17, 15) is 0 Å². The highest BCUT2D eigenvalue weighted by atomic mass is 35.5. The van der Waals surface area contributed by atoms with Gasteiger partial charge in [-0.05, 0) is 42.9 Å². The van der Waals surface area contributed by atoms with Gasteiger partial charge in [-0.15, -0.1) is 0 Å². The average molecular weight is 313 g/mol. The molecule has 1 aliphatic carbocycles. The van der Waals surface area contributed by atoms with Crippen LogP contribution in [-0.4, -0.2) is 25.2 Å². The van der Waals surface area contributed by atoms with Crippen LogP contribution in [0, 0.1) is 11.8 Å². The Morgan fingerprint density at radius 3 is 2.60 bits per heavy atom. The molecule has 1 saturated carbocycles. The van der Waals surface area contributed by atoms with Gasteiger partial charge in [-0.1, -0.05) is 37.0 Å². The summed E-state index contributed by atoms with van der Waals surface area (Å²) in [7, 11) is 0. The predicted molar refractivity (Wildman–Crippen MR) is 86.9 cm³/mol. The zero-order valence-corrected chi connectivity index (χ0v) is 13.6. The van der Waals surface area contributed by atoms with Gasteiger partial charge in [-0.2, -0.15) is 0 Å². The minimum Gasteiger partial charge on any atom is -0.364 e. The summed E-state index contributed by atoms with van der Waals surface area (Å²) >= 11 is 12.5. The van der Waals surface area contributed by atoms with Crippen molar-refractivity contribution < 1.29 is 0 Å². The lowest BCUT2D eigenvalue weighted by molar-refractivity contribution is 0.320. The van der Waals surface area contributed by atoms with Crippen molar-refractivity contribution in [3.63, 3.8) is 0 Å². The van der Waals surface area contributed by atoms with Crippen LogP contribution in [0.1, 0.15) is 26.7 Å². The number of nitrogens with zero attached hydrogens (tertiary/aromatic N) is 1. The molecule has 0 bridgehead atoms. The molecule has 2 nitrogen and oxygen atoms in total. The molecule has 110 valence electrons. The molecule has 1 saturated heterocycles. The van der Waals surface area contributed by atoms with E-state index in [1.807, 2.05) is 12.1 Å². The van der Waals surface area contributed by atoms with Crippen LogP contribution in [0.2, 0.25) is 10.0 Å². The van der Waals surface area contributed by atoms with Crippen LogP contribution in [0.15, 0.2) is 18.2 Å². The van der Waals surface area contributed by atoms with E-state index in [0.717, 1.165) is 29.7 Å². The van der Waals surface area contributed by atoms with Crippen LogP contribution in [0.4, 0.5) is 5.69 Å². The molecule has 1 aromatic rings. The van der Waals surface area contributed by atoms with Crippen LogP contribution in [0.5, 0.6) is 0 Å². The maximum absolute atomic E-state index is 6.43. The first kappa shape index (κ1) is 14.5. The first-order valence-corrected chi connectivity index (χ1v) is 8.27. The summed E-state index contributed by atoms with van der Waals surface area (Å²) in [5.74, 6) is 1.45. The van der Waals surface area contributed by atoms with Crippen LogP contribution < -0.4 is 10.2 Å². The molecule has 3 rings (SSSR count). The summed E-state index contributed by atoms with van der Waals surface area (Å²) in [4.78, 5) is 2.49. The topological polar surface area (TPSA) is 15.3 Å². The zero-order chi connectivity index (χ0) is 14.3. The second-order valence-electron chi connectivity index (χ2n) is 6.41. The number of hydrogen-bond donors (Lipinski definition) is 1. The van der Waals surface area contributed by atoms with Gasteiger partial charge < -0.3 is 10.2 Å². The van der Waals surface area contributed by atoms with Gasteiger partial charge >= 0.3 is 0 Å². The van der Waals surface area contributed by atoms with Gasteiger partial charge in [-0.25, -0.2) is 0 Å². The Morgan fingerprint density at radius 1 is 1.25 bits per heavy atom. The SMILES string of the molecule is CC(C)C1CNC(C2CC2)CN1c1ccc(Cl)cc1Cl. The second kappa shape index (κ2) is 5.75. The predicted octanol–water partition coefficient (Wildman–Crippen LogP) is 4.21. The van der Waals surface area contributed by atoms with E-state index in [1.165, 1.54) is 12.8 Å². The van der Waals surface area contributed by atoms with Crippen LogP contribution in [0.25, 0.3) is 0 Å². The number of nitrogens with one attached hydrogen (secondary N) is 1. The van der Waals surface area contributed by atoms with Crippen molar-refractivity contribution in [2.24, 2.45) is 11.8 Å². The van der Waals surface area contributed by atoms with Crippen molar-refractivity contribution in [3.8, 4) is 0 Å². The van der Waals surface area contributed by atoms with Crippen molar-refractivity contribution >= 4 is 28.9 Å². The molecule has 0 amide bonds. The number of rotatable bonds is 3. The molecule has 2 aliphatic rings. The van der Waals surface area contributed by atoms with Gasteiger partial charge in [-0.3, -0.25) is 0 Å². The molecular formula is C16H22Cl2N2. The third kappa shape index (κ3) is 2.93. The molecule has 0 spiro atoms. The van der Waals surface area contributed by atoms with Crippen molar-refractivity contribution in [2.75, 3.05) is 18.0 Å². The standard InChI is InChI=1S/C16H22Cl2N2/c1-10(2)16-8-19-14(11-3-4-11)9-20(16)15-6-5-12(17)7-13(15)18/h5-7,10-11,14,16,19H,3-4,8-9H2,1-2H3. The average Bonchev–Trinajstić information content (AvgIpc) is 3.22. The van der Waals surface area contributed by atoms with Gasteiger partial charge in [0.1, 0.15) is 0 Å². The highest BCUT2D eigenvalue weighted by molar-refractivity contribution is 6.36. The lowest BCUT2D eigenvalue weighted by Crippen LogP contribution is -2.59. The van der Waals surface area contributed by atoms with Crippen LogP contribution in [-0.2, 0) is 0 Å². The van der Waals surface area contributed by atoms with E-state index < -0.39 is 0 Å². The van der Waals surface area contributed by atoms with Crippen LogP contribution >= 0.6 is 23.2 Å². The molecule has 1 aliphatic heterocycles. The fourth-order valence-corrected chi connectivity index (χ4v) is 3.71. The van der Waals surface area contributed by atoms with Gasteiger partial charge in [0.15, 0.2) is 0 Å². The monoisotopic (exact) mass is 312 g/mol. The minimum absolute atomic E-state index is 0.490. The van der Waals surface area contributed by atoms with Crippen molar-refractivity contribution in [1.29, 1.82) is 0 Å². The molecule has 1 N–H and O–H groups in total. The maximum atomic E-state index is 6.43. The minimum atomic E-state index is 0.490. The number of anilines is 1. The number of halogens is 2. The van der Waals surface area contributed by atoms with E-state index in [1.54, 1.807) is 0 Å². The lowest BCUT2D eigenvalue weighted by Gasteiger charge is -2.44. The first-order valence-electron chi connectivity index (χ1n) is 7.51. The van der Waals surface area contributed by atoms with Gasteiger partial charge in [0.25, 0.3) is 0 Å². The van der Waals surface area contributed by atoms with Crippen molar-refractivity contribution in [2.45, 2.75) is 38.8 Å².